The van der Waals surface area contributed by atoms with Crippen molar-refractivity contribution in [3.63, 3.8) is 0 Å². The Morgan fingerprint density at radius 3 is 2.62 bits per heavy atom. The number of fused-ring (bicyclic) bond motifs is 1. The van der Waals surface area contributed by atoms with Crippen LogP contribution < -0.4 is 10.2 Å². The standard InChI is InChI=1S/C21H20N4O4/c1-24(11-9-13-4-2-3-10-22-13)14-5-6-15-16(12-14)21(29)25(20(15)28)17-7-8-18(26)23-19(17)27/h2-6,10,12,17H,7-9,11H2,1H3,(H,23,26,27). The first-order valence-electron chi connectivity index (χ1n) is 9.42. The zero-order valence-electron chi connectivity index (χ0n) is 15.9. The van der Waals surface area contributed by atoms with Gasteiger partial charge in [-0.05, 0) is 36.8 Å². The number of hydrogen-bond donors (Lipinski definition) is 1. The third kappa shape index (κ3) is 3.49. The van der Waals surface area contributed by atoms with E-state index in [0.717, 1.165) is 22.7 Å². The quantitative estimate of drug-likeness (QED) is 0.767. The van der Waals surface area contributed by atoms with Crippen LogP contribution in [0.4, 0.5) is 5.69 Å². The molecule has 1 N–H and O–H groups in total. The minimum atomic E-state index is -0.953. The molecule has 29 heavy (non-hydrogen) atoms. The number of piperidine rings is 1. The van der Waals surface area contributed by atoms with Crippen LogP contribution in [-0.4, -0.2) is 53.1 Å². The van der Waals surface area contributed by atoms with E-state index < -0.39 is 23.8 Å². The summed E-state index contributed by atoms with van der Waals surface area (Å²) in [6, 6.07) is 9.89. The largest absolute Gasteiger partial charge is 0.374 e. The lowest BCUT2D eigenvalue weighted by atomic mass is 10.0. The molecule has 1 atom stereocenters. The zero-order chi connectivity index (χ0) is 20.5. The van der Waals surface area contributed by atoms with E-state index in [0.29, 0.717) is 6.54 Å². The predicted molar refractivity (Wildman–Crippen MR) is 104 cm³/mol. The molecule has 1 unspecified atom stereocenters. The molecule has 1 aromatic carbocycles. The van der Waals surface area contributed by atoms with Crippen molar-refractivity contribution < 1.29 is 19.2 Å². The fourth-order valence-electron chi connectivity index (χ4n) is 3.65. The van der Waals surface area contributed by atoms with Crippen molar-refractivity contribution in [2.75, 3.05) is 18.5 Å². The van der Waals surface area contributed by atoms with Gasteiger partial charge in [0.05, 0.1) is 11.1 Å². The first-order chi connectivity index (χ1) is 14.0. The number of likely N-dealkylation sites (N-methyl/N-ethyl adjacent to an activating group) is 1. The van der Waals surface area contributed by atoms with Crippen molar-refractivity contribution in [2.45, 2.75) is 25.3 Å². The molecule has 4 rings (SSSR count). The van der Waals surface area contributed by atoms with Gasteiger partial charge in [0.2, 0.25) is 11.8 Å². The Bertz CT molecular complexity index is 1000. The second-order valence-electron chi connectivity index (χ2n) is 7.17. The van der Waals surface area contributed by atoms with Crippen molar-refractivity contribution in [2.24, 2.45) is 0 Å². The van der Waals surface area contributed by atoms with Gasteiger partial charge in [0, 0.05) is 44.0 Å². The Balaban J connectivity index is 1.52. The van der Waals surface area contributed by atoms with Gasteiger partial charge in [0.15, 0.2) is 0 Å². The van der Waals surface area contributed by atoms with E-state index in [-0.39, 0.29) is 29.9 Å². The Kier molecular flexibility index (Phi) is 4.84. The fraction of sp³-hybridized carbons (Fsp3) is 0.286. The highest BCUT2D eigenvalue weighted by Crippen LogP contribution is 2.30. The van der Waals surface area contributed by atoms with E-state index in [9.17, 15) is 19.2 Å². The molecule has 0 bridgehead atoms. The van der Waals surface area contributed by atoms with Crippen LogP contribution in [0.1, 0.15) is 39.3 Å². The Morgan fingerprint density at radius 2 is 1.90 bits per heavy atom. The van der Waals surface area contributed by atoms with Crippen LogP contribution in [0.25, 0.3) is 0 Å². The Hall–Kier alpha value is -3.55. The average Bonchev–Trinajstić information content (AvgIpc) is 2.97. The van der Waals surface area contributed by atoms with Gasteiger partial charge < -0.3 is 4.90 Å². The number of pyridine rings is 1. The molecule has 148 valence electrons. The van der Waals surface area contributed by atoms with E-state index in [1.54, 1.807) is 24.4 Å². The number of aromatic nitrogens is 1. The molecular weight excluding hydrogens is 372 g/mol. The summed E-state index contributed by atoms with van der Waals surface area (Å²) in [5.41, 5.74) is 2.32. The van der Waals surface area contributed by atoms with E-state index in [1.807, 2.05) is 30.1 Å². The lowest BCUT2D eigenvalue weighted by Gasteiger charge is -2.27. The second-order valence-corrected chi connectivity index (χ2v) is 7.17. The van der Waals surface area contributed by atoms with E-state index in [1.165, 1.54) is 0 Å². The maximum Gasteiger partial charge on any atom is 0.262 e. The summed E-state index contributed by atoms with van der Waals surface area (Å²) in [5.74, 6) is -2.00. The van der Waals surface area contributed by atoms with Crippen LogP contribution in [0.2, 0.25) is 0 Å². The van der Waals surface area contributed by atoms with Crippen molar-refractivity contribution in [1.29, 1.82) is 0 Å². The van der Waals surface area contributed by atoms with Gasteiger partial charge in [-0.1, -0.05) is 6.07 Å². The highest BCUT2D eigenvalue weighted by molar-refractivity contribution is 6.23. The lowest BCUT2D eigenvalue weighted by Crippen LogP contribution is -2.54. The maximum absolute atomic E-state index is 12.9. The van der Waals surface area contributed by atoms with Gasteiger partial charge in [-0.2, -0.15) is 0 Å². The highest BCUT2D eigenvalue weighted by Gasteiger charge is 2.44. The monoisotopic (exact) mass is 392 g/mol. The minimum Gasteiger partial charge on any atom is -0.374 e. The van der Waals surface area contributed by atoms with Crippen LogP contribution >= 0.6 is 0 Å². The molecule has 0 spiro atoms. The number of nitrogens with zero attached hydrogens (tertiary/aromatic N) is 3. The van der Waals surface area contributed by atoms with Crippen LogP contribution in [0.15, 0.2) is 42.6 Å². The summed E-state index contributed by atoms with van der Waals surface area (Å²) in [6.07, 6.45) is 2.74. The van der Waals surface area contributed by atoms with Gasteiger partial charge in [-0.3, -0.25) is 34.4 Å². The molecule has 1 aromatic heterocycles. The number of rotatable bonds is 5. The summed E-state index contributed by atoms with van der Waals surface area (Å²) in [6.45, 7) is 0.689. The first kappa shape index (κ1) is 18.8. The van der Waals surface area contributed by atoms with Crippen molar-refractivity contribution in [1.82, 2.24) is 15.2 Å². The normalized spacial score (nSPS) is 18.7. The van der Waals surface area contributed by atoms with Gasteiger partial charge in [0.1, 0.15) is 6.04 Å². The van der Waals surface area contributed by atoms with E-state index in [2.05, 4.69) is 10.3 Å². The number of nitrogens with one attached hydrogen (secondary N) is 1. The third-order valence-corrected chi connectivity index (χ3v) is 5.29. The minimum absolute atomic E-state index is 0.103. The fourth-order valence-corrected chi connectivity index (χ4v) is 3.65. The number of carbonyl (C=O) groups is 4. The molecule has 2 aromatic rings. The maximum atomic E-state index is 12.9. The van der Waals surface area contributed by atoms with Gasteiger partial charge in [0.25, 0.3) is 11.8 Å². The number of benzene rings is 1. The van der Waals surface area contributed by atoms with Gasteiger partial charge >= 0.3 is 0 Å². The highest BCUT2D eigenvalue weighted by atomic mass is 16.2. The van der Waals surface area contributed by atoms with E-state index >= 15 is 0 Å². The average molecular weight is 392 g/mol. The van der Waals surface area contributed by atoms with Gasteiger partial charge in [-0.15, -0.1) is 0 Å². The molecule has 4 amide bonds. The summed E-state index contributed by atoms with van der Waals surface area (Å²) in [4.78, 5) is 56.4. The van der Waals surface area contributed by atoms with Gasteiger partial charge in [-0.25, -0.2) is 0 Å². The number of carbonyl (C=O) groups excluding carboxylic acids is 4. The first-order valence-corrected chi connectivity index (χ1v) is 9.42. The van der Waals surface area contributed by atoms with Crippen LogP contribution in [0.3, 0.4) is 0 Å². The second kappa shape index (κ2) is 7.46. The molecule has 3 heterocycles. The molecule has 8 heteroatoms. The number of amides is 4. The van der Waals surface area contributed by atoms with Crippen molar-refractivity contribution >= 4 is 29.3 Å². The van der Waals surface area contributed by atoms with Crippen molar-refractivity contribution in [3.05, 3.63) is 59.4 Å². The summed E-state index contributed by atoms with van der Waals surface area (Å²) >= 11 is 0. The van der Waals surface area contributed by atoms with Crippen LogP contribution in [0, 0.1) is 0 Å². The molecule has 2 aliphatic heterocycles. The topological polar surface area (TPSA) is 99.7 Å². The number of anilines is 1. The van der Waals surface area contributed by atoms with E-state index in [4.69, 9.17) is 0 Å². The molecule has 0 saturated carbocycles. The molecule has 0 aliphatic carbocycles. The number of hydrogen-bond acceptors (Lipinski definition) is 6. The molecule has 1 saturated heterocycles. The van der Waals surface area contributed by atoms with Crippen LogP contribution in [0.5, 0.6) is 0 Å². The molecular formula is C21H20N4O4. The summed E-state index contributed by atoms with van der Waals surface area (Å²) in [7, 11) is 1.91. The Morgan fingerprint density at radius 1 is 1.10 bits per heavy atom. The molecule has 0 radical (unpaired) electrons. The predicted octanol–water partition coefficient (Wildman–Crippen LogP) is 1.16. The number of imide groups is 2. The molecule has 1 fully saturated rings. The third-order valence-electron chi connectivity index (χ3n) is 5.29. The molecule has 2 aliphatic rings. The summed E-state index contributed by atoms with van der Waals surface area (Å²) in [5, 5.41) is 2.20. The Labute approximate surface area is 167 Å². The molecule has 8 nitrogen and oxygen atoms in total. The zero-order valence-corrected chi connectivity index (χ0v) is 15.9. The summed E-state index contributed by atoms with van der Waals surface area (Å²) < 4.78 is 0. The van der Waals surface area contributed by atoms with Crippen LogP contribution in [-0.2, 0) is 16.0 Å². The smallest absolute Gasteiger partial charge is 0.262 e. The van der Waals surface area contributed by atoms with Crippen molar-refractivity contribution in [3.8, 4) is 0 Å². The lowest BCUT2D eigenvalue weighted by molar-refractivity contribution is -0.136. The SMILES string of the molecule is CN(CCc1ccccn1)c1ccc2c(c1)C(=O)N(C1CCC(=O)NC1=O)C2=O.